The number of hydrogen-bond donors (Lipinski definition) is 0. The van der Waals surface area contributed by atoms with Gasteiger partial charge >= 0.3 is 0 Å². The first-order valence-corrected chi connectivity index (χ1v) is 11.6. The van der Waals surface area contributed by atoms with E-state index in [1.54, 1.807) is 0 Å². The Hall–Kier alpha value is -4.06. The number of carbonyl (C=O) groups is 1. The van der Waals surface area contributed by atoms with Crippen molar-refractivity contribution in [1.82, 2.24) is 23.8 Å². The molecule has 4 heterocycles. The van der Waals surface area contributed by atoms with Crippen LogP contribution in [-0.2, 0) is 31.4 Å². The van der Waals surface area contributed by atoms with Gasteiger partial charge in [0, 0.05) is 42.1 Å². The number of amides is 1. The van der Waals surface area contributed by atoms with E-state index in [9.17, 15) is 4.79 Å². The second-order valence-electron chi connectivity index (χ2n) is 9.25. The first-order valence-electron chi connectivity index (χ1n) is 11.6. The molecule has 0 saturated heterocycles. The molecule has 0 bridgehead atoms. The first kappa shape index (κ1) is 20.5. The molecule has 0 fully saturated rings. The molecule has 0 radical (unpaired) electrons. The maximum absolute atomic E-state index is 13.4. The van der Waals surface area contributed by atoms with Crippen LogP contribution in [0.25, 0.3) is 22.4 Å². The second-order valence-corrected chi connectivity index (χ2v) is 9.25. The minimum absolute atomic E-state index is 0.130. The summed E-state index contributed by atoms with van der Waals surface area (Å²) in [6.07, 6.45) is 6.54. The third kappa shape index (κ3) is 3.25. The molecular weight excluding hydrogens is 422 g/mol. The summed E-state index contributed by atoms with van der Waals surface area (Å²) in [5.74, 6) is 1.14. The Morgan fingerprint density at radius 1 is 1.00 bits per heavy atom. The summed E-state index contributed by atoms with van der Waals surface area (Å²) in [5, 5.41) is 6.14. The Morgan fingerprint density at radius 2 is 1.79 bits per heavy atom. The van der Waals surface area contributed by atoms with E-state index in [1.807, 2.05) is 53.3 Å². The van der Waals surface area contributed by atoms with Gasteiger partial charge in [-0.05, 0) is 49.2 Å². The highest BCUT2D eigenvalue weighted by molar-refractivity contribution is 5.89. The van der Waals surface area contributed by atoms with Crippen LogP contribution in [0, 0.1) is 13.8 Å². The molecule has 0 N–H and O–H groups in total. The average molecular weight is 450 g/mol. The van der Waals surface area contributed by atoms with Gasteiger partial charge in [0.2, 0.25) is 5.91 Å². The summed E-state index contributed by atoms with van der Waals surface area (Å²) in [6.45, 7) is 5.32. The van der Waals surface area contributed by atoms with Gasteiger partial charge in [-0.25, -0.2) is 4.68 Å². The zero-order chi connectivity index (χ0) is 23.4. The molecule has 34 heavy (non-hydrogen) atoms. The molecule has 0 aliphatic carbocycles. The molecule has 2 aromatic carbocycles. The standard InChI is InChI=1S/C28H27N5O/c1-19-10-11-25(20(2)14-19)33-28(31-12-6-7-13-31)23-17-32(18-24(23)29-33)27(34)15-21-16-30(3)26-9-5-4-8-22(21)26/h4-14,16H,15,17-18H2,1-3H3. The molecule has 0 spiro atoms. The van der Waals surface area contributed by atoms with E-state index in [1.165, 1.54) is 11.1 Å². The lowest BCUT2D eigenvalue weighted by Crippen LogP contribution is -2.28. The van der Waals surface area contributed by atoms with Gasteiger partial charge in [-0.2, -0.15) is 5.10 Å². The van der Waals surface area contributed by atoms with Gasteiger partial charge in [-0.15, -0.1) is 0 Å². The number of nitrogens with zero attached hydrogens (tertiary/aromatic N) is 5. The lowest BCUT2D eigenvalue weighted by Gasteiger charge is -2.18. The van der Waals surface area contributed by atoms with Gasteiger partial charge in [0.1, 0.15) is 5.82 Å². The maximum atomic E-state index is 13.4. The lowest BCUT2D eigenvalue weighted by atomic mass is 10.1. The molecule has 0 atom stereocenters. The summed E-state index contributed by atoms with van der Waals surface area (Å²) in [7, 11) is 2.03. The maximum Gasteiger partial charge on any atom is 0.227 e. The van der Waals surface area contributed by atoms with Crippen LogP contribution in [0.2, 0.25) is 0 Å². The van der Waals surface area contributed by atoms with E-state index >= 15 is 0 Å². The van der Waals surface area contributed by atoms with Crippen molar-refractivity contribution < 1.29 is 4.79 Å². The number of para-hydroxylation sites is 1. The van der Waals surface area contributed by atoms with E-state index in [-0.39, 0.29) is 5.91 Å². The van der Waals surface area contributed by atoms with Crippen LogP contribution in [0.15, 0.2) is 73.2 Å². The fourth-order valence-corrected chi connectivity index (χ4v) is 5.17. The second kappa shape index (κ2) is 7.76. The molecule has 0 unspecified atom stereocenters. The number of benzene rings is 2. The van der Waals surface area contributed by atoms with Crippen molar-refractivity contribution in [2.45, 2.75) is 33.4 Å². The molecule has 6 rings (SSSR count). The van der Waals surface area contributed by atoms with Crippen molar-refractivity contribution in [2.24, 2.45) is 7.05 Å². The Morgan fingerprint density at radius 3 is 2.59 bits per heavy atom. The quantitative estimate of drug-likeness (QED) is 0.394. The van der Waals surface area contributed by atoms with Crippen LogP contribution >= 0.6 is 0 Å². The number of carbonyl (C=O) groups excluding carboxylic acids is 1. The molecule has 1 amide bonds. The predicted octanol–water partition coefficient (Wildman–Crippen LogP) is 4.86. The lowest BCUT2D eigenvalue weighted by molar-refractivity contribution is -0.131. The Kier molecular flexibility index (Phi) is 4.69. The average Bonchev–Trinajstić information content (AvgIpc) is 3.58. The number of rotatable bonds is 4. The van der Waals surface area contributed by atoms with Crippen molar-refractivity contribution in [2.75, 3.05) is 0 Å². The first-order chi connectivity index (χ1) is 16.5. The van der Waals surface area contributed by atoms with Gasteiger partial charge in [0.05, 0.1) is 30.9 Å². The third-order valence-electron chi connectivity index (χ3n) is 6.83. The van der Waals surface area contributed by atoms with E-state index in [4.69, 9.17) is 5.10 Å². The largest absolute Gasteiger partial charge is 0.350 e. The summed E-state index contributed by atoms with van der Waals surface area (Å²) in [5.41, 5.74) is 7.77. The van der Waals surface area contributed by atoms with Crippen LogP contribution in [0.3, 0.4) is 0 Å². The third-order valence-corrected chi connectivity index (χ3v) is 6.83. The monoisotopic (exact) mass is 449 g/mol. The number of hydrogen-bond acceptors (Lipinski definition) is 2. The molecule has 0 saturated carbocycles. The molecule has 3 aromatic heterocycles. The van der Waals surface area contributed by atoms with Gasteiger partial charge in [0.25, 0.3) is 0 Å². The van der Waals surface area contributed by atoms with E-state index in [2.05, 4.69) is 59.5 Å². The van der Waals surface area contributed by atoms with Crippen LogP contribution < -0.4 is 0 Å². The molecular formula is C28H27N5O. The molecule has 6 nitrogen and oxygen atoms in total. The van der Waals surface area contributed by atoms with Crippen molar-refractivity contribution in [1.29, 1.82) is 0 Å². The molecule has 1 aliphatic rings. The molecule has 6 heteroatoms. The molecule has 1 aliphatic heterocycles. The molecule has 170 valence electrons. The normalized spacial score (nSPS) is 13.1. The Balaban J connectivity index is 1.34. The van der Waals surface area contributed by atoms with Crippen molar-refractivity contribution in [3.05, 3.63) is 101 Å². The minimum atomic E-state index is 0.130. The van der Waals surface area contributed by atoms with E-state index in [0.29, 0.717) is 19.5 Å². The fraction of sp³-hybridized carbons (Fsp3) is 0.214. The van der Waals surface area contributed by atoms with Crippen LogP contribution in [-0.4, -0.2) is 29.7 Å². The number of aromatic nitrogens is 4. The van der Waals surface area contributed by atoms with E-state index in [0.717, 1.165) is 39.2 Å². The fourth-order valence-electron chi connectivity index (χ4n) is 5.17. The van der Waals surface area contributed by atoms with Gasteiger partial charge in [0.15, 0.2) is 0 Å². The van der Waals surface area contributed by atoms with Crippen molar-refractivity contribution >= 4 is 16.8 Å². The van der Waals surface area contributed by atoms with Crippen LogP contribution in [0.4, 0.5) is 0 Å². The van der Waals surface area contributed by atoms with Crippen molar-refractivity contribution in [3.63, 3.8) is 0 Å². The van der Waals surface area contributed by atoms with Gasteiger partial charge in [-0.3, -0.25) is 4.79 Å². The highest BCUT2D eigenvalue weighted by Crippen LogP contribution is 2.32. The topological polar surface area (TPSA) is 48.0 Å². The van der Waals surface area contributed by atoms with Crippen LogP contribution in [0.1, 0.15) is 27.9 Å². The number of fused-ring (bicyclic) bond motifs is 2. The highest BCUT2D eigenvalue weighted by atomic mass is 16.2. The smallest absolute Gasteiger partial charge is 0.227 e. The van der Waals surface area contributed by atoms with Crippen molar-refractivity contribution in [3.8, 4) is 11.5 Å². The van der Waals surface area contributed by atoms with Gasteiger partial charge in [-0.1, -0.05) is 35.9 Å². The summed E-state index contributed by atoms with van der Waals surface area (Å²) >= 11 is 0. The predicted molar refractivity (Wildman–Crippen MR) is 133 cm³/mol. The summed E-state index contributed by atoms with van der Waals surface area (Å²) in [4.78, 5) is 15.3. The Bertz CT molecular complexity index is 1540. The minimum Gasteiger partial charge on any atom is -0.350 e. The SMILES string of the molecule is Cc1ccc(-n2nc3c(c2-n2cccc2)CN(C(=O)Cc2cn(C)c4ccccc24)C3)c(C)c1. The summed E-state index contributed by atoms with van der Waals surface area (Å²) in [6, 6.07) is 18.7. The molecule has 5 aromatic rings. The number of aryl methyl sites for hydroxylation is 3. The van der Waals surface area contributed by atoms with Gasteiger partial charge < -0.3 is 14.0 Å². The zero-order valence-electron chi connectivity index (χ0n) is 19.7. The van der Waals surface area contributed by atoms with E-state index < -0.39 is 0 Å². The summed E-state index contributed by atoms with van der Waals surface area (Å²) < 4.78 is 6.23. The Labute approximate surface area is 198 Å². The zero-order valence-corrected chi connectivity index (χ0v) is 19.7. The van der Waals surface area contributed by atoms with Crippen LogP contribution in [0.5, 0.6) is 0 Å². The highest BCUT2D eigenvalue weighted by Gasteiger charge is 2.32.